The molecule has 0 aromatic carbocycles. The van der Waals surface area contributed by atoms with Gasteiger partial charge in [0.15, 0.2) is 11.4 Å². The van der Waals surface area contributed by atoms with Crippen LogP contribution in [-0.2, 0) is 4.74 Å². The molecule has 1 fully saturated rings. The van der Waals surface area contributed by atoms with Crippen LogP contribution in [0.1, 0.15) is 16.9 Å². The van der Waals surface area contributed by atoms with Crippen LogP contribution >= 0.6 is 11.3 Å². The molecule has 0 saturated carbocycles. The van der Waals surface area contributed by atoms with E-state index in [1.807, 2.05) is 28.6 Å². The minimum Gasteiger partial charge on any atom is -0.502 e. The molecule has 4 heterocycles. The van der Waals surface area contributed by atoms with E-state index in [1.54, 1.807) is 27.0 Å². The molecule has 182 valence electrons. The summed E-state index contributed by atoms with van der Waals surface area (Å²) in [7, 11) is 0. The number of carbonyl (C=O) groups excluding carboxylic acids is 1. The Balaban J connectivity index is 1.56. The molecule has 1 saturated heterocycles. The monoisotopic (exact) mass is 503 g/mol. The van der Waals surface area contributed by atoms with Gasteiger partial charge in [0.05, 0.1) is 19.3 Å². The highest BCUT2D eigenvalue weighted by Crippen LogP contribution is 2.42. The van der Waals surface area contributed by atoms with Crippen LogP contribution in [0.15, 0.2) is 76.4 Å². The number of ether oxygens (including phenoxy) is 1. The summed E-state index contributed by atoms with van der Waals surface area (Å²) in [6.07, 6.45) is 13.1. The van der Waals surface area contributed by atoms with E-state index >= 15 is 4.39 Å². The molecule has 9 heteroatoms. The van der Waals surface area contributed by atoms with Crippen LogP contribution in [0.2, 0.25) is 0 Å². The Hall–Kier alpha value is -3.69. The van der Waals surface area contributed by atoms with E-state index in [1.165, 1.54) is 18.3 Å². The van der Waals surface area contributed by atoms with E-state index in [0.29, 0.717) is 25.1 Å². The van der Waals surface area contributed by atoms with Crippen molar-refractivity contribution < 1.29 is 19.0 Å². The van der Waals surface area contributed by atoms with E-state index in [0.717, 1.165) is 20.9 Å². The SMILES string of the molecule is O=C1c2c(O)c(=O)ccn2N([C@H]2C3=CC=CCC3=c3sccc3=C3C(F)=CC=CC32)[C@@H]2COCCN12. The topological polar surface area (TPSA) is 75.0 Å². The van der Waals surface area contributed by atoms with E-state index < -0.39 is 29.3 Å². The molecule has 1 unspecified atom stereocenters. The van der Waals surface area contributed by atoms with Gasteiger partial charge in [0.25, 0.3) is 5.91 Å². The number of rotatable bonds is 1. The second kappa shape index (κ2) is 7.91. The van der Waals surface area contributed by atoms with Gasteiger partial charge in [-0.15, -0.1) is 11.3 Å². The van der Waals surface area contributed by atoms with Gasteiger partial charge in [0, 0.05) is 34.8 Å². The number of fused-ring (bicyclic) bond motifs is 5. The summed E-state index contributed by atoms with van der Waals surface area (Å²) < 4.78 is 24.1. The van der Waals surface area contributed by atoms with Gasteiger partial charge in [-0.3, -0.25) is 19.3 Å². The lowest BCUT2D eigenvalue weighted by molar-refractivity contribution is -0.0202. The van der Waals surface area contributed by atoms with Crippen LogP contribution in [0.5, 0.6) is 5.75 Å². The van der Waals surface area contributed by atoms with Gasteiger partial charge in [-0.1, -0.05) is 30.4 Å². The van der Waals surface area contributed by atoms with Gasteiger partial charge < -0.3 is 14.7 Å². The standard InChI is InChI=1S/C27H22FN3O4S/c28-19-7-3-6-17-22(19)18-9-13-36-26(18)16-5-2-1-4-15(16)23(17)31-21-14-35-12-11-29(21)27(34)24-25(33)20(32)8-10-30(24)31/h1-4,6-10,13,17,21,23,33H,5,11-12,14H2/t17?,21-,23+/m1/s1. The average Bonchev–Trinajstić information content (AvgIpc) is 3.33. The first-order valence-electron chi connectivity index (χ1n) is 11.9. The van der Waals surface area contributed by atoms with Crippen molar-refractivity contribution in [3.63, 3.8) is 0 Å². The third-order valence-electron chi connectivity index (χ3n) is 7.58. The van der Waals surface area contributed by atoms with Crippen LogP contribution < -0.4 is 20.2 Å². The van der Waals surface area contributed by atoms with Crippen molar-refractivity contribution >= 4 is 28.4 Å². The number of thiophene rings is 1. The van der Waals surface area contributed by atoms with Crippen molar-refractivity contribution in [2.24, 2.45) is 5.92 Å². The third-order valence-corrected chi connectivity index (χ3v) is 8.56. The number of morpholine rings is 1. The Labute approximate surface area is 209 Å². The first kappa shape index (κ1) is 21.6. The van der Waals surface area contributed by atoms with Crippen molar-refractivity contribution in [3.8, 4) is 5.75 Å². The molecule has 2 aromatic heterocycles. The number of carbonyl (C=O) groups is 1. The maximum Gasteiger partial charge on any atom is 0.278 e. The molecule has 0 spiro atoms. The number of hydrogen-bond acceptors (Lipinski definition) is 6. The van der Waals surface area contributed by atoms with Gasteiger partial charge in [0.1, 0.15) is 12.0 Å². The van der Waals surface area contributed by atoms with E-state index in [2.05, 4.69) is 12.2 Å². The van der Waals surface area contributed by atoms with Crippen LogP contribution in [-0.4, -0.2) is 52.6 Å². The quantitative estimate of drug-likeness (QED) is 0.641. The molecule has 0 bridgehead atoms. The Bertz CT molecular complexity index is 1630. The highest BCUT2D eigenvalue weighted by atomic mass is 32.1. The van der Waals surface area contributed by atoms with Gasteiger partial charge in [-0.05, 0) is 40.3 Å². The first-order valence-corrected chi connectivity index (χ1v) is 12.8. The number of pyridine rings is 1. The number of amides is 1. The third kappa shape index (κ3) is 2.87. The fourth-order valence-corrected chi connectivity index (χ4v) is 7.05. The minimum absolute atomic E-state index is 0.0782. The predicted molar refractivity (Wildman–Crippen MR) is 134 cm³/mol. The molecule has 2 aliphatic heterocycles. The highest BCUT2D eigenvalue weighted by Gasteiger charge is 2.48. The van der Waals surface area contributed by atoms with Crippen LogP contribution in [0.4, 0.5) is 4.39 Å². The molecule has 5 aliphatic rings. The van der Waals surface area contributed by atoms with Crippen molar-refractivity contribution in [2.75, 3.05) is 24.8 Å². The molecule has 1 N–H and O–H groups in total. The lowest BCUT2D eigenvalue weighted by atomic mass is 9.80. The number of aromatic nitrogens is 1. The van der Waals surface area contributed by atoms with Crippen LogP contribution in [0.25, 0.3) is 11.1 Å². The van der Waals surface area contributed by atoms with Crippen molar-refractivity contribution in [1.29, 1.82) is 0 Å². The Morgan fingerprint density at radius 3 is 2.94 bits per heavy atom. The van der Waals surface area contributed by atoms with Gasteiger partial charge >= 0.3 is 0 Å². The fourth-order valence-electron chi connectivity index (χ4n) is 6.06. The summed E-state index contributed by atoms with van der Waals surface area (Å²) in [6, 6.07) is 2.80. The summed E-state index contributed by atoms with van der Waals surface area (Å²) in [6.45, 7) is 0.930. The zero-order valence-electron chi connectivity index (χ0n) is 19.1. The Kier molecular flexibility index (Phi) is 4.74. The molecule has 7 rings (SSSR count). The zero-order chi connectivity index (χ0) is 24.6. The number of hydrogen-bond donors (Lipinski definition) is 1. The lowest BCUT2D eigenvalue weighted by Crippen LogP contribution is -2.69. The second-order valence-electron chi connectivity index (χ2n) is 9.34. The normalized spacial score (nSPS) is 26.4. The maximum absolute atomic E-state index is 15.6. The molecular weight excluding hydrogens is 481 g/mol. The summed E-state index contributed by atoms with van der Waals surface area (Å²) in [5.41, 5.74) is 2.04. The van der Waals surface area contributed by atoms with Crippen molar-refractivity contribution in [1.82, 2.24) is 9.58 Å². The molecule has 1 amide bonds. The summed E-state index contributed by atoms with van der Waals surface area (Å²) in [5.74, 6) is -1.67. The zero-order valence-corrected chi connectivity index (χ0v) is 20.0. The van der Waals surface area contributed by atoms with E-state index in [4.69, 9.17) is 4.74 Å². The number of nitrogens with zero attached hydrogens (tertiary/aromatic N) is 3. The number of aromatic hydroxyl groups is 1. The fraction of sp³-hybridized carbons (Fsp3) is 0.259. The Morgan fingerprint density at radius 1 is 1.17 bits per heavy atom. The van der Waals surface area contributed by atoms with Gasteiger partial charge in [0.2, 0.25) is 5.43 Å². The van der Waals surface area contributed by atoms with E-state index in [9.17, 15) is 14.7 Å². The molecular formula is C27H22FN3O4S. The average molecular weight is 504 g/mol. The lowest BCUT2D eigenvalue weighted by Gasteiger charge is -2.53. The molecule has 36 heavy (non-hydrogen) atoms. The molecule has 2 aromatic rings. The minimum atomic E-state index is -0.616. The van der Waals surface area contributed by atoms with E-state index in [-0.39, 0.29) is 24.0 Å². The highest BCUT2D eigenvalue weighted by molar-refractivity contribution is 7.07. The van der Waals surface area contributed by atoms with Crippen LogP contribution in [0.3, 0.4) is 0 Å². The summed E-state index contributed by atoms with van der Waals surface area (Å²) >= 11 is 1.60. The number of allylic oxidation sites excluding steroid dienone is 6. The number of halogens is 1. The van der Waals surface area contributed by atoms with Crippen molar-refractivity contribution in [3.05, 3.63) is 97.2 Å². The largest absolute Gasteiger partial charge is 0.502 e. The molecule has 7 nitrogen and oxygen atoms in total. The summed E-state index contributed by atoms with van der Waals surface area (Å²) in [5, 5.41) is 15.6. The van der Waals surface area contributed by atoms with Gasteiger partial charge in [-0.2, -0.15) is 0 Å². The van der Waals surface area contributed by atoms with Gasteiger partial charge in [-0.25, -0.2) is 4.39 Å². The van der Waals surface area contributed by atoms with Crippen molar-refractivity contribution in [2.45, 2.75) is 18.6 Å². The molecule has 0 radical (unpaired) electrons. The first-order chi connectivity index (χ1) is 17.6. The van der Waals surface area contributed by atoms with Crippen LogP contribution in [0, 0.1) is 5.92 Å². The smallest absolute Gasteiger partial charge is 0.278 e. The molecule has 3 atom stereocenters. The summed E-state index contributed by atoms with van der Waals surface area (Å²) in [4.78, 5) is 27.5. The second-order valence-corrected chi connectivity index (χ2v) is 10.3. The maximum atomic E-state index is 15.6. The Morgan fingerprint density at radius 2 is 2.06 bits per heavy atom. The predicted octanol–water partition coefficient (Wildman–Crippen LogP) is 1.68. The molecule has 3 aliphatic carbocycles.